The second-order valence-corrected chi connectivity index (χ2v) is 5.78. The second-order valence-electron chi connectivity index (χ2n) is 4.13. The first-order valence-electron chi connectivity index (χ1n) is 5.70. The van der Waals surface area contributed by atoms with Gasteiger partial charge in [-0.1, -0.05) is 0 Å². The van der Waals surface area contributed by atoms with Gasteiger partial charge in [0, 0.05) is 6.07 Å². The Morgan fingerprint density at radius 1 is 1.25 bits per heavy atom. The van der Waals surface area contributed by atoms with Crippen molar-refractivity contribution in [3.8, 4) is 5.75 Å². The minimum atomic E-state index is -3.80. The summed E-state index contributed by atoms with van der Waals surface area (Å²) in [5.74, 6) is -0.0504. The maximum atomic E-state index is 13.0. The van der Waals surface area contributed by atoms with E-state index in [0.29, 0.717) is 11.3 Å². The molecule has 1 heterocycles. The van der Waals surface area contributed by atoms with Crippen LogP contribution in [0.15, 0.2) is 41.6 Å². The molecular formula is C13H13FN2O3S. The van der Waals surface area contributed by atoms with Crippen molar-refractivity contribution in [3.05, 3.63) is 48.0 Å². The highest BCUT2D eigenvalue weighted by Gasteiger charge is 2.17. The molecule has 0 atom stereocenters. The van der Waals surface area contributed by atoms with Crippen LogP contribution in [0.3, 0.4) is 0 Å². The SMILES string of the molecule is COc1ccc(S(=O)(=O)Nc2cncc(F)c2)c(C)c1. The van der Waals surface area contributed by atoms with Crippen LogP contribution in [0.25, 0.3) is 0 Å². The van der Waals surface area contributed by atoms with Crippen molar-refractivity contribution >= 4 is 15.7 Å². The van der Waals surface area contributed by atoms with Crippen LogP contribution in [0.2, 0.25) is 0 Å². The van der Waals surface area contributed by atoms with Crippen LogP contribution in [0.4, 0.5) is 10.1 Å². The Bertz CT molecular complexity index is 732. The maximum Gasteiger partial charge on any atom is 0.262 e. The van der Waals surface area contributed by atoms with Crippen molar-refractivity contribution in [2.45, 2.75) is 11.8 Å². The fourth-order valence-corrected chi connectivity index (χ4v) is 2.99. The lowest BCUT2D eigenvalue weighted by Crippen LogP contribution is -2.14. The molecule has 20 heavy (non-hydrogen) atoms. The molecule has 0 saturated heterocycles. The number of rotatable bonds is 4. The van der Waals surface area contributed by atoms with Crippen molar-refractivity contribution in [1.29, 1.82) is 0 Å². The van der Waals surface area contributed by atoms with Gasteiger partial charge in [0.05, 0.1) is 30.1 Å². The van der Waals surface area contributed by atoms with Gasteiger partial charge in [0.1, 0.15) is 11.6 Å². The number of hydrogen-bond acceptors (Lipinski definition) is 4. The number of hydrogen-bond donors (Lipinski definition) is 1. The van der Waals surface area contributed by atoms with Gasteiger partial charge in [0.15, 0.2) is 0 Å². The minimum absolute atomic E-state index is 0.0696. The largest absolute Gasteiger partial charge is 0.497 e. The lowest BCUT2D eigenvalue weighted by atomic mass is 10.2. The predicted molar refractivity (Wildman–Crippen MR) is 72.7 cm³/mol. The number of pyridine rings is 1. The molecule has 0 unspecified atom stereocenters. The first-order chi connectivity index (χ1) is 9.42. The van der Waals surface area contributed by atoms with Gasteiger partial charge in [-0.25, -0.2) is 12.8 Å². The van der Waals surface area contributed by atoms with E-state index in [-0.39, 0.29) is 10.6 Å². The maximum absolute atomic E-state index is 13.0. The molecule has 1 aromatic carbocycles. The van der Waals surface area contributed by atoms with Crippen LogP contribution in [0.1, 0.15) is 5.56 Å². The zero-order valence-electron chi connectivity index (χ0n) is 10.9. The number of nitrogens with zero attached hydrogens (tertiary/aromatic N) is 1. The monoisotopic (exact) mass is 296 g/mol. The van der Waals surface area contributed by atoms with Gasteiger partial charge < -0.3 is 4.74 Å². The Labute approximate surface area is 116 Å². The van der Waals surface area contributed by atoms with Crippen LogP contribution in [-0.2, 0) is 10.0 Å². The van der Waals surface area contributed by atoms with E-state index < -0.39 is 15.8 Å². The van der Waals surface area contributed by atoms with Crippen LogP contribution in [-0.4, -0.2) is 20.5 Å². The van der Waals surface area contributed by atoms with Gasteiger partial charge in [0.2, 0.25) is 0 Å². The Morgan fingerprint density at radius 3 is 2.60 bits per heavy atom. The smallest absolute Gasteiger partial charge is 0.262 e. The van der Waals surface area contributed by atoms with E-state index in [0.717, 1.165) is 12.3 Å². The Balaban J connectivity index is 2.36. The highest BCUT2D eigenvalue weighted by molar-refractivity contribution is 7.92. The van der Waals surface area contributed by atoms with Crippen molar-refractivity contribution in [1.82, 2.24) is 4.98 Å². The molecule has 0 bridgehead atoms. The highest BCUT2D eigenvalue weighted by Crippen LogP contribution is 2.23. The lowest BCUT2D eigenvalue weighted by molar-refractivity contribution is 0.414. The fraction of sp³-hybridized carbons (Fsp3) is 0.154. The summed E-state index contributed by atoms with van der Waals surface area (Å²) < 4.78 is 44.8. The van der Waals surface area contributed by atoms with Crippen LogP contribution >= 0.6 is 0 Å². The van der Waals surface area contributed by atoms with Gasteiger partial charge in [-0.3, -0.25) is 9.71 Å². The summed E-state index contributed by atoms with van der Waals surface area (Å²) in [6, 6.07) is 5.65. The number of aryl methyl sites for hydroxylation is 1. The third kappa shape index (κ3) is 3.05. The molecule has 0 amide bonds. The van der Waals surface area contributed by atoms with Crippen LogP contribution in [0, 0.1) is 12.7 Å². The summed E-state index contributed by atoms with van der Waals surface area (Å²) >= 11 is 0. The van der Waals surface area contributed by atoms with Gasteiger partial charge in [0.25, 0.3) is 10.0 Å². The fourth-order valence-electron chi connectivity index (χ4n) is 1.73. The van der Waals surface area contributed by atoms with Gasteiger partial charge in [-0.05, 0) is 30.7 Å². The quantitative estimate of drug-likeness (QED) is 0.940. The summed E-state index contributed by atoms with van der Waals surface area (Å²) in [4.78, 5) is 3.69. The number of aromatic nitrogens is 1. The highest BCUT2D eigenvalue weighted by atomic mass is 32.2. The topological polar surface area (TPSA) is 68.3 Å². The third-order valence-corrected chi connectivity index (χ3v) is 4.17. The first kappa shape index (κ1) is 14.3. The molecule has 0 aliphatic heterocycles. The van der Waals surface area contributed by atoms with Gasteiger partial charge in [-0.2, -0.15) is 0 Å². The van der Waals surface area contributed by atoms with E-state index in [1.54, 1.807) is 19.1 Å². The predicted octanol–water partition coefficient (Wildman–Crippen LogP) is 2.34. The molecule has 2 aromatic rings. The molecule has 0 aliphatic carbocycles. The molecular weight excluding hydrogens is 283 g/mol. The normalized spacial score (nSPS) is 11.2. The standard InChI is InChI=1S/C13H13FN2O3S/c1-9-5-12(19-2)3-4-13(9)20(17,18)16-11-6-10(14)7-15-8-11/h3-8,16H,1-2H3. The average Bonchev–Trinajstić information content (AvgIpc) is 2.37. The molecule has 0 aliphatic rings. The van der Waals surface area contributed by atoms with E-state index in [1.807, 2.05) is 0 Å². The molecule has 0 radical (unpaired) electrons. The number of methoxy groups -OCH3 is 1. The molecule has 0 saturated carbocycles. The minimum Gasteiger partial charge on any atom is -0.497 e. The second kappa shape index (κ2) is 5.46. The number of halogens is 1. The molecule has 1 aromatic heterocycles. The molecule has 7 heteroatoms. The number of anilines is 1. The molecule has 0 fully saturated rings. The zero-order chi connectivity index (χ0) is 14.8. The van der Waals surface area contributed by atoms with Crippen molar-refractivity contribution in [3.63, 3.8) is 0 Å². The Kier molecular flexibility index (Phi) is 3.89. The van der Waals surface area contributed by atoms with Crippen molar-refractivity contribution in [2.24, 2.45) is 0 Å². The molecule has 0 spiro atoms. The number of nitrogens with one attached hydrogen (secondary N) is 1. The summed E-state index contributed by atoms with van der Waals surface area (Å²) in [5.41, 5.74) is 0.599. The molecule has 1 N–H and O–H groups in total. The van der Waals surface area contributed by atoms with E-state index in [4.69, 9.17) is 4.74 Å². The van der Waals surface area contributed by atoms with Crippen molar-refractivity contribution < 1.29 is 17.5 Å². The molecule has 5 nitrogen and oxygen atoms in total. The summed E-state index contributed by atoms with van der Waals surface area (Å²) in [6.07, 6.45) is 2.23. The third-order valence-electron chi connectivity index (χ3n) is 2.63. The number of sulfonamides is 1. The zero-order valence-corrected chi connectivity index (χ0v) is 11.7. The first-order valence-corrected chi connectivity index (χ1v) is 7.19. The van der Waals surface area contributed by atoms with Crippen LogP contribution in [0.5, 0.6) is 5.75 Å². The molecule has 106 valence electrons. The van der Waals surface area contributed by atoms with Crippen molar-refractivity contribution in [2.75, 3.05) is 11.8 Å². The summed E-state index contributed by atoms with van der Waals surface area (Å²) in [5, 5.41) is 0. The van der Waals surface area contributed by atoms with E-state index in [2.05, 4.69) is 9.71 Å². The summed E-state index contributed by atoms with van der Waals surface area (Å²) in [7, 11) is -2.30. The van der Waals surface area contributed by atoms with E-state index in [9.17, 15) is 12.8 Å². The van der Waals surface area contributed by atoms with Crippen LogP contribution < -0.4 is 9.46 Å². The van der Waals surface area contributed by atoms with E-state index >= 15 is 0 Å². The van der Waals surface area contributed by atoms with E-state index in [1.165, 1.54) is 19.4 Å². The van der Waals surface area contributed by atoms with Gasteiger partial charge in [-0.15, -0.1) is 0 Å². The Hall–Kier alpha value is -2.15. The average molecular weight is 296 g/mol. The number of ether oxygens (including phenoxy) is 1. The van der Waals surface area contributed by atoms with Gasteiger partial charge >= 0.3 is 0 Å². The lowest BCUT2D eigenvalue weighted by Gasteiger charge is -2.11. The summed E-state index contributed by atoms with van der Waals surface area (Å²) in [6.45, 7) is 1.65. The number of benzene rings is 1. The molecule has 2 rings (SSSR count). The Morgan fingerprint density at radius 2 is 2.00 bits per heavy atom.